The Balaban J connectivity index is 1.73. The summed E-state index contributed by atoms with van der Waals surface area (Å²) in [6, 6.07) is 0. The van der Waals surface area contributed by atoms with Gasteiger partial charge in [-0.25, -0.2) is 4.39 Å². The second-order valence-corrected chi connectivity index (χ2v) is 9.84. The van der Waals surface area contributed by atoms with E-state index in [1.54, 1.807) is 13.8 Å². The molecule has 0 bridgehead atoms. The average Bonchev–Trinajstić information content (AvgIpc) is 3.17. The van der Waals surface area contributed by atoms with Crippen LogP contribution in [0.4, 0.5) is 4.39 Å². The van der Waals surface area contributed by atoms with Gasteiger partial charge < -0.3 is 0 Å². The van der Waals surface area contributed by atoms with Crippen molar-refractivity contribution in [1.29, 1.82) is 0 Å². The summed E-state index contributed by atoms with van der Waals surface area (Å²) in [5, 5.41) is 0.438. The van der Waals surface area contributed by atoms with E-state index in [1.165, 1.54) is 51.4 Å². The van der Waals surface area contributed by atoms with E-state index in [2.05, 4.69) is 13.8 Å². The predicted molar refractivity (Wildman–Crippen MR) is 95.2 cm³/mol. The first kappa shape index (κ1) is 18.6. The van der Waals surface area contributed by atoms with Gasteiger partial charge in [-0.05, 0) is 101 Å². The maximum Gasteiger partial charge on any atom is 0.105 e. The van der Waals surface area contributed by atoms with Gasteiger partial charge in [0.1, 0.15) is 5.67 Å². The molecule has 22 heavy (non-hydrogen) atoms. The van der Waals surface area contributed by atoms with Crippen molar-refractivity contribution in [2.24, 2.45) is 23.2 Å². The van der Waals surface area contributed by atoms with Crippen LogP contribution < -0.4 is 0 Å². The molecule has 0 radical (unpaired) electrons. The fourth-order valence-electron chi connectivity index (χ4n) is 4.78. The summed E-state index contributed by atoms with van der Waals surface area (Å²) in [5.41, 5.74) is -0.342. The van der Waals surface area contributed by atoms with Crippen molar-refractivity contribution in [2.75, 3.05) is 0 Å². The van der Waals surface area contributed by atoms with E-state index in [1.807, 2.05) is 0 Å². The Morgan fingerprint density at radius 1 is 1.09 bits per heavy atom. The predicted octanol–water partition coefficient (Wildman–Crippen LogP) is 7.14. The van der Waals surface area contributed by atoms with E-state index in [0.29, 0.717) is 23.1 Å². The van der Waals surface area contributed by atoms with Crippen LogP contribution in [0, 0.1) is 23.2 Å². The van der Waals surface area contributed by atoms with Crippen LogP contribution in [0.1, 0.15) is 91.9 Å². The zero-order valence-corrected chi connectivity index (χ0v) is 15.9. The van der Waals surface area contributed by atoms with Gasteiger partial charge in [-0.1, -0.05) is 13.8 Å². The van der Waals surface area contributed by atoms with Crippen molar-refractivity contribution in [3.05, 3.63) is 0 Å². The molecule has 0 saturated heterocycles. The maximum atomic E-state index is 13.6. The molecule has 0 N–H and O–H groups in total. The number of hydrogen-bond donors (Lipinski definition) is 0. The molecule has 2 atom stereocenters. The largest absolute Gasteiger partial charge is 0.245 e. The van der Waals surface area contributed by atoms with Gasteiger partial charge >= 0.3 is 0 Å². The van der Waals surface area contributed by atoms with Crippen molar-refractivity contribution in [3.8, 4) is 0 Å². The van der Waals surface area contributed by atoms with E-state index < -0.39 is 5.67 Å². The zero-order valence-electron chi connectivity index (χ0n) is 15.1. The minimum Gasteiger partial charge on any atom is -0.245 e. The van der Waals surface area contributed by atoms with Crippen LogP contribution in [0.5, 0.6) is 0 Å². The Kier molecular flexibility index (Phi) is 6.25. The van der Waals surface area contributed by atoms with Crippen LogP contribution in [0.2, 0.25) is 0 Å². The quantitative estimate of drug-likeness (QED) is 0.415. The van der Waals surface area contributed by atoms with Crippen molar-refractivity contribution < 1.29 is 4.39 Å². The third kappa shape index (κ3) is 5.69. The van der Waals surface area contributed by atoms with E-state index in [4.69, 9.17) is 11.6 Å². The van der Waals surface area contributed by atoms with Crippen LogP contribution >= 0.6 is 11.6 Å². The number of rotatable bonds is 8. The molecule has 1 unspecified atom stereocenters. The molecule has 0 aliphatic heterocycles. The lowest BCUT2D eigenvalue weighted by atomic mass is 9.72. The molecule has 0 heterocycles. The number of alkyl halides is 2. The van der Waals surface area contributed by atoms with Gasteiger partial charge in [0.2, 0.25) is 0 Å². The summed E-state index contributed by atoms with van der Waals surface area (Å²) < 4.78 is 13.6. The van der Waals surface area contributed by atoms with Gasteiger partial charge in [0.25, 0.3) is 0 Å². The molecule has 2 heteroatoms. The highest BCUT2D eigenvalue weighted by molar-refractivity contribution is 6.20. The summed E-state index contributed by atoms with van der Waals surface area (Å²) in [6.45, 7) is 8.13. The molecular formula is C20H36ClF. The van der Waals surface area contributed by atoms with Gasteiger partial charge in [0.05, 0.1) is 0 Å². The second kappa shape index (κ2) is 7.41. The monoisotopic (exact) mass is 330 g/mol. The van der Waals surface area contributed by atoms with E-state index in [0.717, 1.165) is 18.3 Å². The molecule has 2 saturated carbocycles. The van der Waals surface area contributed by atoms with Crippen LogP contribution in [0.25, 0.3) is 0 Å². The Hall–Kier alpha value is 0.220. The molecule has 0 aromatic carbocycles. The van der Waals surface area contributed by atoms with E-state index in [9.17, 15) is 4.39 Å². The fourth-order valence-corrected chi connectivity index (χ4v) is 5.03. The summed E-state index contributed by atoms with van der Waals surface area (Å²) in [5.74, 6) is 2.37. The first-order chi connectivity index (χ1) is 10.2. The summed E-state index contributed by atoms with van der Waals surface area (Å²) in [6.07, 6.45) is 12.4. The van der Waals surface area contributed by atoms with Gasteiger partial charge in [0.15, 0.2) is 0 Å². The highest BCUT2D eigenvalue weighted by atomic mass is 35.5. The lowest BCUT2D eigenvalue weighted by molar-refractivity contribution is 0.167. The third-order valence-corrected chi connectivity index (χ3v) is 6.64. The molecule has 2 aliphatic rings. The molecule has 0 amide bonds. The van der Waals surface area contributed by atoms with Crippen molar-refractivity contribution in [2.45, 2.75) is 103 Å². The molecule has 130 valence electrons. The molecule has 2 fully saturated rings. The Morgan fingerprint density at radius 2 is 1.68 bits per heavy atom. The molecule has 2 aliphatic carbocycles. The first-order valence-corrected chi connectivity index (χ1v) is 9.97. The Labute approximate surface area is 142 Å². The van der Waals surface area contributed by atoms with Gasteiger partial charge in [-0.3, -0.25) is 0 Å². The van der Waals surface area contributed by atoms with Gasteiger partial charge in [-0.15, -0.1) is 11.6 Å². The molecule has 0 nitrogen and oxygen atoms in total. The summed E-state index contributed by atoms with van der Waals surface area (Å²) in [7, 11) is 0. The fraction of sp³-hybridized carbons (Fsp3) is 1.00. The maximum absolute atomic E-state index is 13.6. The summed E-state index contributed by atoms with van der Waals surface area (Å²) in [4.78, 5) is 0. The number of hydrogen-bond acceptors (Lipinski definition) is 0. The smallest absolute Gasteiger partial charge is 0.105 e. The van der Waals surface area contributed by atoms with Crippen LogP contribution in [-0.4, -0.2) is 11.0 Å². The van der Waals surface area contributed by atoms with Crippen molar-refractivity contribution in [1.82, 2.24) is 0 Å². The minimum atomic E-state index is -1.00. The van der Waals surface area contributed by atoms with Gasteiger partial charge in [-0.2, -0.15) is 0 Å². The Bertz CT molecular complexity index is 334. The normalized spacial score (nSPS) is 30.8. The lowest BCUT2D eigenvalue weighted by Gasteiger charge is -2.34. The van der Waals surface area contributed by atoms with Crippen molar-refractivity contribution >= 4 is 11.6 Å². The topological polar surface area (TPSA) is 0 Å². The Morgan fingerprint density at radius 3 is 2.18 bits per heavy atom. The second-order valence-electron chi connectivity index (χ2n) is 9.22. The van der Waals surface area contributed by atoms with E-state index in [-0.39, 0.29) is 0 Å². The molecule has 0 aromatic rings. The molecule has 0 aromatic heterocycles. The highest BCUT2D eigenvalue weighted by Crippen LogP contribution is 2.60. The van der Waals surface area contributed by atoms with Gasteiger partial charge in [0, 0.05) is 5.38 Å². The average molecular weight is 331 g/mol. The highest BCUT2D eigenvalue weighted by Gasteiger charge is 2.49. The standard InChI is InChI=1S/C20H36ClF/c1-15(9-10-19(3,4)22)13-16(2)14-20(11-12-20)17-5-7-18(21)8-6-17/h15-18H,5-14H2,1-4H3/t15-,16?,17?,18?/m1/s1. The van der Waals surface area contributed by atoms with E-state index >= 15 is 0 Å². The number of halogens is 2. The lowest BCUT2D eigenvalue weighted by Crippen LogP contribution is -2.25. The zero-order chi connectivity index (χ0) is 16.4. The third-order valence-electron chi connectivity index (χ3n) is 6.21. The molecule has 0 spiro atoms. The molecule has 2 rings (SSSR count). The van der Waals surface area contributed by atoms with Crippen molar-refractivity contribution in [3.63, 3.8) is 0 Å². The summed E-state index contributed by atoms with van der Waals surface area (Å²) >= 11 is 6.27. The van der Waals surface area contributed by atoms with Crippen LogP contribution in [-0.2, 0) is 0 Å². The SMILES string of the molecule is CC(C[C@H](C)CCC(C)(C)F)CC1(C2CCC(Cl)CC2)CC1. The van der Waals surface area contributed by atoms with Crippen LogP contribution in [0.3, 0.4) is 0 Å². The molecular weight excluding hydrogens is 295 g/mol. The first-order valence-electron chi connectivity index (χ1n) is 9.53. The van der Waals surface area contributed by atoms with Crippen LogP contribution in [0.15, 0.2) is 0 Å². The minimum absolute atomic E-state index is 0.438.